The number of carbonyl (C=O) groups excluding carboxylic acids is 2. The molecular formula is C32H31ClN4O7S. The van der Waals surface area contributed by atoms with Crippen LogP contribution in [0, 0.1) is 6.92 Å². The van der Waals surface area contributed by atoms with Crippen molar-refractivity contribution in [3.63, 3.8) is 0 Å². The SMILES string of the molecule is COc1ccc(N(CC(=O)N/N=C/c2ccc(OCC(=O)Nc3ccccc3Cl)cc2)S(=O)(=O)c2ccc(C)cc2)c(OC)c1. The quantitative estimate of drug-likeness (QED) is 0.153. The molecule has 0 aromatic heterocycles. The number of anilines is 2. The van der Waals surface area contributed by atoms with Crippen LogP contribution in [0.4, 0.5) is 11.4 Å². The second-order valence-electron chi connectivity index (χ2n) is 9.54. The number of amides is 2. The molecule has 0 unspecified atom stereocenters. The van der Waals surface area contributed by atoms with Crippen molar-refractivity contribution in [3.8, 4) is 17.2 Å². The van der Waals surface area contributed by atoms with Crippen molar-refractivity contribution in [2.45, 2.75) is 11.8 Å². The van der Waals surface area contributed by atoms with E-state index in [1.54, 1.807) is 66.7 Å². The molecule has 0 radical (unpaired) electrons. The van der Waals surface area contributed by atoms with Gasteiger partial charge >= 0.3 is 0 Å². The molecule has 0 heterocycles. The van der Waals surface area contributed by atoms with Gasteiger partial charge in [0.15, 0.2) is 6.61 Å². The number of hydrogen-bond donors (Lipinski definition) is 2. The van der Waals surface area contributed by atoms with Crippen molar-refractivity contribution in [1.82, 2.24) is 5.43 Å². The summed E-state index contributed by atoms with van der Waals surface area (Å²) in [5.41, 5.74) is 4.50. The number of para-hydroxylation sites is 1. The molecule has 45 heavy (non-hydrogen) atoms. The van der Waals surface area contributed by atoms with Crippen LogP contribution in [0.3, 0.4) is 0 Å². The zero-order valence-corrected chi connectivity index (χ0v) is 26.3. The van der Waals surface area contributed by atoms with E-state index in [-0.39, 0.29) is 28.8 Å². The van der Waals surface area contributed by atoms with E-state index >= 15 is 0 Å². The Balaban J connectivity index is 1.41. The van der Waals surface area contributed by atoms with Gasteiger partial charge in [0.05, 0.1) is 41.7 Å². The molecule has 11 nitrogen and oxygen atoms in total. The van der Waals surface area contributed by atoms with Crippen LogP contribution in [0.5, 0.6) is 17.2 Å². The van der Waals surface area contributed by atoms with E-state index in [9.17, 15) is 18.0 Å². The molecular weight excluding hydrogens is 620 g/mol. The van der Waals surface area contributed by atoms with Crippen molar-refractivity contribution < 1.29 is 32.2 Å². The van der Waals surface area contributed by atoms with Gasteiger partial charge in [-0.25, -0.2) is 13.8 Å². The highest BCUT2D eigenvalue weighted by molar-refractivity contribution is 7.92. The molecule has 0 atom stereocenters. The summed E-state index contributed by atoms with van der Waals surface area (Å²) in [6, 6.07) is 24.4. The highest BCUT2D eigenvalue weighted by Gasteiger charge is 2.29. The molecule has 234 valence electrons. The molecule has 0 bridgehead atoms. The molecule has 0 spiro atoms. The minimum atomic E-state index is -4.18. The minimum absolute atomic E-state index is 0.00549. The number of hydrazone groups is 1. The van der Waals surface area contributed by atoms with Crippen LogP contribution >= 0.6 is 11.6 Å². The summed E-state index contributed by atoms with van der Waals surface area (Å²) < 4.78 is 44.6. The highest BCUT2D eigenvalue weighted by atomic mass is 35.5. The molecule has 4 aromatic carbocycles. The van der Waals surface area contributed by atoms with Crippen molar-refractivity contribution in [2.24, 2.45) is 5.10 Å². The van der Waals surface area contributed by atoms with Gasteiger partial charge < -0.3 is 19.5 Å². The number of halogens is 1. The third-order valence-corrected chi connectivity index (χ3v) is 8.46. The molecule has 2 amide bonds. The standard InChI is InChI=1S/C32H31ClN4O7S/c1-22-8-15-26(16-9-22)45(40,41)37(29-17-14-25(42-2)18-30(29)43-3)20-31(38)36-34-19-23-10-12-24(13-11-23)44-21-32(39)35-28-7-5-4-6-27(28)33/h4-19H,20-21H2,1-3H3,(H,35,39)(H,36,38)/b34-19+. The first-order valence-corrected chi connectivity index (χ1v) is 15.3. The number of hydrogen-bond acceptors (Lipinski definition) is 8. The van der Waals surface area contributed by atoms with Crippen LogP contribution in [0.25, 0.3) is 0 Å². The van der Waals surface area contributed by atoms with E-state index in [1.807, 2.05) is 6.92 Å². The molecule has 0 fully saturated rings. The third-order valence-electron chi connectivity index (χ3n) is 6.35. The predicted molar refractivity (Wildman–Crippen MR) is 173 cm³/mol. The van der Waals surface area contributed by atoms with Crippen molar-refractivity contribution >= 4 is 51.0 Å². The first-order valence-electron chi connectivity index (χ1n) is 13.5. The van der Waals surface area contributed by atoms with Crippen molar-refractivity contribution in [2.75, 3.05) is 37.0 Å². The van der Waals surface area contributed by atoms with Gasteiger partial charge in [0.1, 0.15) is 23.8 Å². The Labute approximate surface area is 266 Å². The Bertz CT molecular complexity index is 1780. The van der Waals surface area contributed by atoms with E-state index < -0.39 is 22.5 Å². The van der Waals surface area contributed by atoms with Gasteiger partial charge in [-0.1, -0.05) is 41.4 Å². The second-order valence-corrected chi connectivity index (χ2v) is 11.8. The highest BCUT2D eigenvalue weighted by Crippen LogP contribution is 2.35. The summed E-state index contributed by atoms with van der Waals surface area (Å²) in [6.45, 7) is 1.03. The number of methoxy groups -OCH3 is 2. The van der Waals surface area contributed by atoms with Gasteiger partial charge in [-0.15, -0.1) is 0 Å². The number of sulfonamides is 1. The molecule has 0 saturated carbocycles. The molecule has 4 aromatic rings. The second kappa shape index (κ2) is 15.1. The van der Waals surface area contributed by atoms with Gasteiger partial charge in [-0.2, -0.15) is 5.10 Å². The Morgan fingerprint density at radius 2 is 1.58 bits per heavy atom. The number of nitrogens with one attached hydrogen (secondary N) is 2. The average Bonchev–Trinajstić information content (AvgIpc) is 3.04. The summed E-state index contributed by atoms with van der Waals surface area (Å²) in [5.74, 6) is 0.0291. The number of nitrogens with zero attached hydrogens (tertiary/aromatic N) is 2. The van der Waals surface area contributed by atoms with E-state index in [2.05, 4.69) is 15.8 Å². The molecule has 0 saturated heterocycles. The monoisotopic (exact) mass is 650 g/mol. The van der Waals surface area contributed by atoms with Gasteiger partial charge in [-0.05, 0) is 73.2 Å². The predicted octanol–water partition coefficient (Wildman–Crippen LogP) is 5.03. The third kappa shape index (κ3) is 8.74. The van der Waals surface area contributed by atoms with Crippen LogP contribution in [0.2, 0.25) is 5.02 Å². The van der Waals surface area contributed by atoms with Gasteiger partial charge in [-0.3, -0.25) is 13.9 Å². The number of ether oxygens (including phenoxy) is 3. The van der Waals surface area contributed by atoms with Crippen LogP contribution in [-0.4, -0.2) is 53.8 Å². The molecule has 0 aliphatic heterocycles. The fraction of sp³-hybridized carbons (Fsp3) is 0.156. The Morgan fingerprint density at radius 3 is 2.24 bits per heavy atom. The van der Waals surface area contributed by atoms with E-state index in [0.717, 1.165) is 9.87 Å². The van der Waals surface area contributed by atoms with Gasteiger partial charge in [0.25, 0.3) is 21.8 Å². The average molecular weight is 651 g/mol. The molecule has 13 heteroatoms. The molecule has 0 aliphatic rings. The van der Waals surface area contributed by atoms with Crippen LogP contribution in [0.1, 0.15) is 11.1 Å². The zero-order chi connectivity index (χ0) is 32.4. The summed E-state index contributed by atoms with van der Waals surface area (Å²) in [5, 5.41) is 7.06. The Hall–Kier alpha value is -5.07. The maximum absolute atomic E-state index is 13.7. The lowest BCUT2D eigenvalue weighted by atomic mass is 10.2. The fourth-order valence-corrected chi connectivity index (χ4v) is 5.64. The lowest BCUT2D eigenvalue weighted by Crippen LogP contribution is -2.39. The van der Waals surface area contributed by atoms with E-state index in [0.29, 0.717) is 27.8 Å². The molecule has 2 N–H and O–H groups in total. The van der Waals surface area contributed by atoms with E-state index in [1.165, 1.54) is 44.7 Å². The zero-order valence-electron chi connectivity index (χ0n) is 24.7. The summed E-state index contributed by atoms with van der Waals surface area (Å²) in [6.07, 6.45) is 1.39. The number of aryl methyl sites for hydroxylation is 1. The van der Waals surface area contributed by atoms with Gasteiger partial charge in [0, 0.05) is 6.07 Å². The van der Waals surface area contributed by atoms with Crippen LogP contribution < -0.4 is 29.3 Å². The largest absolute Gasteiger partial charge is 0.497 e. The van der Waals surface area contributed by atoms with E-state index in [4.69, 9.17) is 25.8 Å². The smallest absolute Gasteiger partial charge is 0.264 e. The maximum atomic E-state index is 13.7. The maximum Gasteiger partial charge on any atom is 0.264 e. The first kappa shape index (κ1) is 32.8. The fourth-order valence-electron chi connectivity index (χ4n) is 4.02. The lowest BCUT2D eigenvalue weighted by Gasteiger charge is -2.25. The molecule has 4 rings (SSSR count). The first-order chi connectivity index (χ1) is 21.6. The van der Waals surface area contributed by atoms with Gasteiger partial charge in [0.2, 0.25) is 0 Å². The number of rotatable bonds is 13. The van der Waals surface area contributed by atoms with Crippen LogP contribution in [0.15, 0.2) is 101 Å². The Morgan fingerprint density at radius 1 is 0.889 bits per heavy atom. The van der Waals surface area contributed by atoms with Crippen molar-refractivity contribution in [3.05, 3.63) is 107 Å². The number of carbonyl (C=O) groups is 2. The molecule has 0 aliphatic carbocycles. The summed E-state index contributed by atoms with van der Waals surface area (Å²) in [4.78, 5) is 25.2. The summed E-state index contributed by atoms with van der Waals surface area (Å²) >= 11 is 6.06. The van der Waals surface area contributed by atoms with Crippen LogP contribution in [-0.2, 0) is 19.6 Å². The lowest BCUT2D eigenvalue weighted by molar-refractivity contribution is -0.119. The summed E-state index contributed by atoms with van der Waals surface area (Å²) in [7, 11) is -1.31. The minimum Gasteiger partial charge on any atom is -0.497 e. The van der Waals surface area contributed by atoms with Crippen molar-refractivity contribution in [1.29, 1.82) is 0 Å². The topological polar surface area (TPSA) is 136 Å². The Kier molecular flexibility index (Phi) is 11.0. The number of benzene rings is 4. The normalized spacial score (nSPS) is 11.1.